The number of aromatic nitrogens is 7. The number of fused-ring (bicyclic) bond motifs is 2. The van der Waals surface area contributed by atoms with Crippen LogP contribution in [0.25, 0.3) is 27.8 Å². The van der Waals surface area contributed by atoms with Gasteiger partial charge in [-0.1, -0.05) is 12.1 Å². The molecular weight excluding hydrogens is 451 g/mol. The highest BCUT2D eigenvalue weighted by Crippen LogP contribution is 2.25. The molecule has 5 aromatic rings. The first-order valence-corrected chi connectivity index (χ1v) is 10.9. The second-order valence-corrected chi connectivity index (χ2v) is 8.65. The predicted octanol–water partition coefficient (Wildman–Crippen LogP) is 3.16. The fourth-order valence-corrected chi connectivity index (χ4v) is 3.96. The van der Waals surface area contributed by atoms with Crippen molar-refractivity contribution in [2.24, 2.45) is 7.05 Å². The molecule has 0 saturated carbocycles. The van der Waals surface area contributed by atoms with Crippen LogP contribution < -0.4 is 10.9 Å². The minimum atomic E-state index is -1.18. The minimum Gasteiger partial charge on any atom is -0.384 e. The van der Waals surface area contributed by atoms with Gasteiger partial charge in [0.25, 0.3) is 5.56 Å². The molecule has 0 amide bonds. The average molecular weight is 475 g/mol. The molecule has 35 heavy (non-hydrogen) atoms. The maximum absolute atomic E-state index is 14.6. The molecule has 0 fully saturated rings. The molecule has 5 rings (SSSR count). The number of allylic oxidation sites excluding steroid dienone is 1. The molecular formula is C24H23FN8O2. The first kappa shape index (κ1) is 22.4. The van der Waals surface area contributed by atoms with Crippen molar-refractivity contribution in [2.45, 2.75) is 26.0 Å². The molecule has 0 aliphatic rings. The zero-order valence-corrected chi connectivity index (χ0v) is 19.4. The fraction of sp³-hybridized carbons (Fsp3) is 0.208. The van der Waals surface area contributed by atoms with Gasteiger partial charge in [0.05, 0.1) is 18.4 Å². The van der Waals surface area contributed by atoms with Crippen LogP contribution in [0.2, 0.25) is 0 Å². The van der Waals surface area contributed by atoms with Crippen LogP contribution >= 0.6 is 0 Å². The molecule has 1 aromatic carbocycles. The van der Waals surface area contributed by atoms with Gasteiger partial charge in [-0.3, -0.25) is 9.48 Å². The summed E-state index contributed by atoms with van der Waals surface area (Å²) < 4.78 is 19.1. The Hall–Kier alpha value is -4.38. The molecule has 0 radical (unpaired) electrons. The third-order valence-corrected chi connectivity index (χ3v) is 5.60. The average Bonchev–Trinajstić information content (AvgIpc) is 3.31. The molecule has 10 nitrogen and oxygen atoms in total. The minimum absolute atomic E-state index is 0.170. The Morgan fingerprint density at radius 3 is 2.77 bits per heavy atom. The zero-order chi connectivity index (χ0) is 24.9. The Labute approximate surface area is 199 Å². The maximum atomic E-state index is 14.6. The summed E-state index contributed by atoms with van der Waals surface area (Å²) in [5, 5.41) is 18.4. The molecule has 11 heteroatoms. The second kappa shape index (κ2) is 8.13. The van der Waals surface area contributed by atoms with Gasteiger partial charge in [0.1, 0.15) is 16.5 Å². The largest absolute Gasteiger partial charge is 0.384 e. The summed E-state index contributed by atoms with van der Waals surface area (Å²) in [5.41, 5.74) is 0.0626. The molecule has 0 aliphatic carbocycles. The van der Waals surface area contributed by atoms with E-state index >= 15 is 0 Å². The van der Waals surface area contributed by atoms with E-state index < -0.39 is 11.4 Å². The van der Waals surface area contributed by atoms with Crippen LogP contribution in [0.3, 0.4) is 0 Å². The van der Waals surface area contributed by atoms with E-state index in [4.69, 9.17) is 0 Å². The summed E-state index contributed by atoms with van der Waals surface area (Å²) in [7, 11) is 1.67. The first-order chi connectivity index (χ1) is 16.7. The van der Waals surface area contributed by atoms with Crippen LogP contribution in [-0.4, -0.2) is 39.2 Å². The SMILES string of the molecule is C=CCn1c(=O)c2cnc(Nc3cc(F)c4c(cnn4C)c3)nc2n1-c1cccc(C(C)(C)O)n1. The number of anilines is 2. The number of nitrogens with zero attached hydrogens (tertiary/aromatic N) is 7. The fourth-order valence-electron chi connectivity index (χ4n) is 3.96. The quantitative estimate of drug-likeness (QED) is 0.363. The van der Waals surface area contributed by atoms with Crippen molar-refractivity contribution in [3.05, 3.63) is 77.2 Å². The van der Waals surface area contributed by atoms with Gasteiger partial charge in [-0.2, -0.15) is 10.1 Å². The second-order valence-electron chi connectivity index (χ2n) is 8.65. The summed E-state index contributed by atoms with van der Waals surface area (Å²) >= 11 is 0. The van der Waals surface area contributed by atoms with E-state index in [1.807, 2.05) is 0 Å². The lowest BCUT2D eigenvalue weighted by Crippen LogP contribution is -2.23. The van der Waals surface area contributed by atoms with E-state index in [0.29, 0.717) is 33.7 Å². The number of aliphatic hydroxyl groups is 1. The monoisotopic (exact) mass is 474 g/mol. The molecule has 0 bridgehead atoms. The van der Waals surface area contributed by atoms with Crippen LogP contribution in [0.5, 0.6) is 0 Å². The highest BCUT2D eigenvalue weighted by atomic mass is 19.1. The van der Waals surface area contributed by atoms with Crippen molar-refractivity contribution in [3.63, 3.8) is 0 Å². The van der Waals surface area contributed by atoms with Gasteiger partial charge in [-0.15, -0.1) is 6.58 Å². The van der Waals surface area contributed by atoms with E-state index in [1.54, 1.807) is 62.1 Å². The third kappa shape index (κ3) is 3.85. The van der Waals surface area contributed by atoms with Crippen LogP contribution in [0.1, 0.15) is 19.5 Å². The number of aryl methyl sites for hydroxylation is 1. The highest BCUT2D eigenvalue weighted by Gasteiger charge is 2.22. The molecule has 178 valence electrons. The number of nitrogens with one attached hydrogen (secondary N) is 1. The van der Waals surface area contributed by atoms with E-state index in [2.05, 4.69) is 31.9 Å². The predicted molar refractivity (Wildman–Crippen MR) is 130 cm³/mol. The van der Waals surface area contributed by atoms with Gasteiger partial charge < -0.3 is 10.4 Å². The highest BCUT2D eigenvalue weighted by molar-refractivity contribution is 5.84. The number of benzene rings is 1. The van der Waals surface area contributed by atoms with E-state index in [-0.39, 0.29) is 23.4 Å². The van der Waals surface area contributed by atoms with Crippen LogP contribution in [0.15, 0.2) is 60.2 Å². The van der Waals surface area contributed by atoms with Crippen molar-refractivity contribution < 1.29 is 9.50 Å². The first-order valence-electron chi connectivity index (χ1n) is 10.9. The molecule has 0 spiro atoms. The third-order valence-electron chi connectivity index (χ3n) is 5.60. The number of hydrogen-bond donors (Lipinski definition) is 2. The van der Waals surface area contributed by atoms with Crippen molar-refractivity contribution in [2.75, 3.05) is 5.32 Å². The summed E-state index contributed by atoms with van der Waals surface area (Å²) in [6, 6.07) is 8.24. The normalized spacial score (nSPS) is 11.9. The van der Waals surface area contributed by atoms with Crippen LogP contribution in [0.4, 0.5) is 16.0 Å². The Bertz CT molecular complexity index is 1660. The lowest BCUT2D eigenvalue weighted by atomic mass is 10.1. The van der Waals surface area contributed by atoms with Gasteiger partial charge in [0.15, 0.2) is 17.3 Å². The lowest BCUT2D eigenvalue weighted by Gasteiger charge is -2.18. The molecule has 4 aromatic heterocycles. The molecule has 2 N–H and O–H groups in total. The molecule has 0 atom stereocenters. The number of pyridine rings is 1. The van der Waals surface area contributed by atoms with E-state index in [1.165, 1.54) is 21.6 Å². The molecule has 0 aliphatic heterocycles. The Morgan fingerprint density at radius 1 is 1.23 bits per heavy atom. The standard InChI is InChI=1S/C24H23FN8O2/c1-5-9-32-22(34)16-13-26-23(28-15-10-14-12-27-31(4)20(14)17(25)11-15)30-21(16)33(32)19-8-6-7-18(29-19)24(2,3)35/h5-8,10-13,35H,1,9H2,2-4H3,(H,26,28,30). The van der Waals surface area contributed by atoms with Crippen molar-refractivity contribution in [1.29, 1.82) is 0 Å². The van der Waals surface area contributed by atoms with E-state index in [0.717, 1.165) is 0 Å². The van der Waals surface area contributed by atoms with Crippen LogP contribution in [-0.2, 0) is 19.2 Å². The van der Waals surface area contributed by atoms with Gasteiger partial charge in [0.2, 0.25) is 5.95 Å². The summed E-state index contributed by atoms with van der Waals surface area (Å²) in [5.74, 6) is 0.127. The Balaban J connectivity index is 1.66. The maximum Gasteiger partial charge on any atom is 0.278 e. The number of rotatable bonds is 6. The van der Waals surface area contributed by atoms with Crippen molar-refractivity contribution in [3.8, 4) is 5.82 Å². The van der Waals surface area contributed by atoms with Crippen molar-refractivity contribution >= 4 is 33.6 Å². The lowest BCUT2D eigenvalue weighted by molar-refractivity contribution is 0.0738. The van der Waals surface area contributed by atoms with Crippen molar-refractivity contribution in [1.82, 2.24) is 34.1 Å². The zero-order valence-electron chi connectivity index (χ0n) is 19.4. The Morgan fingerprint density at radius 2 is 2.03 bits per heavy atom. The summed E-state index contributed by atoms with van der Waals surface area (Å²) in [6.07, 6.45) is 4.58. The summed E-state index contributed by atoms with van der Waals surface area (Å²) in [4.78, 5) is 26.5. The number of halogens is 1. The topological polar surface area (TPSA) is 116 Å². The van der Waals surface area contributed by atoms with Gasteiger partial charge in [-0.05, 0) is 38.1 Å². The molecule has 0 unspecified atom stereocenters. The number of hydrogen-bond acceptors (Lipinski definition) is 7. The van der Waals surface area contributed by atoms with Gasteiger partial charge in [-0.25, -0.2) is 23.7 Å². The van der Waals surface area contributed by atoms with Crippen LogP contribution in [0, 0.1) is 5.82 Å². The van der Waals surface area contributed by atoms with E-state index in [9.17, 15) is 14.3 Å². The molecule has 0 saturated heterocycles. The smallest absolute Gasteiger partial charge is 0.278 e. The summed E-state index contributed by atoms with van der Waals surface area (Å²) in [6.45, 7) is 7.21. The van der Waals surface area contributed by atoms with Gasteiger partial charge >= 0.3 is 0 Å². The van der Waals surface area contributed by atoms with Gasteiger partial charge in [0, 0.05) is 24.3 Å². The Kier molecular flexibility index (Phi) is 5.21. The molecule has 4 heterocycles.